The molecule has 1 aromatic rings. The lowest BCUT2D eigenvalue weighted by Gasteiger charge is -2.31. The minimum Gasteiger partial charge on any atom is -0.465 e. The molecular formula is C18H25NO4. The highest BCUT2D eigenvalue weighted by Gasteiger charge is 2.24. The molecule has 0 saturated carbocycles. The van der Waals surface area contributed by atoms with Gasteiger partial charge in [0.1, 0.15) is 0 Å². The molecule has 1 heterocycles. The number of rotatable bonds is 5. The number of piperidine rings is 1. The van der Waals surface area contributed by atoms with Crippen LogP contribution in [0.15, 0.2) is 24.3 Å². The summed E-state index contributed by atoms with van der Waals surface area (Å²) in [6.07, 6.45) is 3.57. The number of ether oxygens (including phenoxy) is 2. The quantitative estimate of drug-likeness (QED) is 0.615. The number of carbonyl (C=O) groups is 2. The van der Waals surface area contributed by atoms with Gasteiger partial charge in [-0.25, -0.2) is 9.59 Å². The van der Waals surface area contributed by atoms with Gasteiger partial charge in [0.25, 0.3) is 0 Å². The van der Waals surface area contributed by atoms with E-state index in [1.54, 1.807) is 17.0 Å². The van der Waals surface area contributed by atoms with Crippen molar-refractivity contribution in [1.29, 1.82) is 0 Å². The predicted octanol–water partition coefficient (Wildman–Crippen LogP) is 3.59. The van der Waals surface area contributed by atoms with Gasteiger partial charge in [-0.2, -0.15) is 0 Å². The van der Waals surface area contributed by atoms with Crippen molar-refractivity contribution in [2.24, 2.45) is 0 Å². The molecule has 1 aliphatic rings. The van der Waals surface area contributed by atoms with E-state index >= 15 is 0 Å². The Morgan fingerprint density at radius 1 is 1.17 bits per heavy atom. The van der Waals surface area contributed by atoms with Crippen LogP contribution in [0, 0.1) is 0 Å². The number of hydrogen-bond acceptors (Lipinski definition) is 4. The number of hydrogen-bond donors (Lipinski definition) is 0. The first kappa shape index (κ1) is 17.3. The standard InChI is InChI=1S/C18H25NO4/c1-3-4-13-23-18(21)19-11-9-15(10-12-19)14-5-7-16(8-6-14)17(20)22-2/h5-8,15H,3-4,9-13H2,1-2H3. The topological polar surface area (TPSA) is 55.8 Å². The average molecular weight is 319 g/mol. The van der Waals surface area contributed by atoms with E-state index in [9.17, 15) is 9.59 Å². The first-order valence-corrected chi connectivity index (χ1v) is 8.25. The summed E-state index contributed by atoms with van der Waals surface area (Å²) in [5.74, 6) is 0.0996. The van der Waals surface area contributed by atoms with Gasteiger partial charge in [-0.1, -0.05) is 25.5 Å². The van der Waals surface area contributed by atoms with E-state index in [-0.39, 0.29) is 12.1 Å². The zero-order chi connectivity index (χ0) is 16.7. The molecule has 1 saturated heterocycles. The first-order chi connectivity index (χ1) is 11.2. The van der Waals surface area contributed by atoms with Gasteiger partial charge >= 0.3 is 12.1 Å². The summed E-state index contributed by atoms with van der Waals surface area (Å²) in [4.78, 5) is 25.2. The zero-order valence-corrected chi connectivity index (χ0v) is 13.9. The summed E-state index contributed by atoms with van der Waals surface area (Å²) < 4.78 is 9.96. The number of methoxy groups -OCH3 is 1. The third-order valence-electron chi connectivity index (χ3n) is 4.28. The maximum atomic E-state index is 11.9. The van der Waals surface area contributed by atoms with E-state index in [1.807, 2.05) is 12.1 Å². The second-order valence-corrected chi connectivity index (χ2v) is 5.84. The van der Waals surface area contributed by atoms with Gasteiger partial charge in [0.15, 0.2) is 0 Å². The summed E-state index contributed by atoms with van der Waals surface area (Å²) >= 11 is 0. The molecule has 1 aliphatic heterocycles. The molecule has 126 valence electrons. The molecule has 5 nitrogen and oxygen atoms in total. The Morgan fingerprint density at radius 2 is 1.83 bits per heavy atom. The van der Waals surface area contributed by atoms with Gasteiger partial charge in [0, 0.05) is 13.1 Å². The Bertz CT molecular complexity index is 518. The Balaban J connectivity index is 1.84. The maximum absolute atomic E-state index is 11.9. The minimum absolute atomic E-state index is 0.196. The summed E-state index contributed by atoms with van der Waals surface area (Å²) in [5.41, 5.74) is 1.77. The summed E-state index contributed by atoms with van der Waals surface area (Å²) in [6, 6.07) is 7.55. The Kier molecular flexibility index (Phi) is 6.44. The molecule has 0 aromatic heterocycles. The lowest BCUT2D eigenvalue weighted by atomic mass is 9.89. The zero-order valence-electron chi connectivity index (χ0n) is 13.9. The average Bonchev–Trinajstić information content (AvgIpc) is 2.61. The first-order valence-electron chi connectivity index (χ1n) is 8.25. The van der Waals surface area contributed by atoms with Gasteiger partial charge in [-0.05, 0) is 42.9 Å². The van der Waals surface area contributed by atoms with Crippen LogP contribution in [0.3, 0.4) is 0 Å². The smallest absolute Gasteiger partial charge is 0.409 e. The SMILES string of the molecule is CCCCOC(=O)N1CCC(c2ccc(C(=O)OC)cc2)CC1. The number of unbranched alkanes of at least 4 members (excludes halogenated alkanes) is 1. The summed E-state index contributed by atoms with van der Waals surface area (Å²) in [6.45, 7) is 4.01. The molecule has 23 heavy (non-hydrogen) atoms. The van der Waals surface area contributed by atoms with Gasteiger partial charge in [0.05, 0.1) is 19.3 Å². The van der Waals surface area contributed by atoms with Crippen LogP contribution in [0.1, 0.15) is 54.4 Å². The highest BCUT2D eigenvalue weighted by atomic mass is 16.6. The second-order valence-electron chi connectivity index (χ2n) is 5.84. The number of esters is 1. The van der Waals surface area contributed by atoms with Crippen molar-refractivity contribution >= 4 is 12.1 Å². The fourth-order valence-electron chi connectivity index (χ4n) is 2.80. The molecule has 5 heteroatoms. The normalized spacial score (nSPS) is 15.3. The molecule has 0 atom stereocenters. The Hall–Kier alpha value is -2.04. The monoisotopic (exact) mass is 319 g/mol. The number of nitrogens with zero attached hydrogens (tertiary/aromatic N) is 1. The number of likely N-dealkylation sites (tertiary alicyclic amines) is 1. The molecule has 1 aromatic carbocycles. The lowest BCUT2D eigenvalue weighted by Crippen LogP contribution is -2.38. The number of amides is 1. The molecule has 0 radical (unpaired) electrons. The van der Waals surface area contributed by atoms with Crippen LogP contribution in [0.25, 0.3) is 0 Å². The Morgan fingerprint density at radius 3 is 2.39 bits per heavy atom. The fourth-order valence-corrected chi connectivity index (χ4v) is 2.80. The van der Waals surface area contributed by atoms with Gasteiger partial charge in [0.2, 0.25) is 0 Å². The molecule has 2 rings (SSSR count). The highest BCUT2D eigenvalue weighted by Crippen LogP contribution is 2.28. The largest absolute Gasteiger partial charge is 0.465 e. The van der Waals surface area contributed by atoms with E-state index < -0.39 is 0 Å². The molecular weight excluding hydrogens is 294 g/mol. The van der Waals surface area contributed by atoms with E-state index in [0.717, 1.165) is 25.7 Å². The third kappa shape index (κ3) is 4.71. The van der Waals surface area contributed by atoms with Crippen molar-refractivity contribution in [3.63, 3.8) is 0 Å². The predicted molar refractivity (Wildman–Crippen MR) is 87.6 cm³/mol. The van der Waals surface area contributed by atoms with E-state index in [0.29, 0.717) is 31.2 Å². The van der Waals surface area contributed by atoms with E-state index in [2.05, 4.69) is 6.92 Å². The molecule has 0 spiro atoms. The fraction of sp³-hybridized carbons (Fsp3) is 0.556. The summed E-state index contributed by atoms with van der Waals surface area (Å²) in [5, 5.41) is 0. The molecule has 0 unspecified atom stereocenters. The second kappa shape index (κ2) is 8.56. The van der Waals surface area contributed by atoms with Crippen molar-refractivity contribution in [3.8, 4) is 0 Å². The van der Waals surface area contributed by atoms with Crippen molar-refractivity contribution in [2.45, 2.75) is 38.5 Å². The van der Waals surface area contributed by atoms with Crippen molar-refractivity contribution in [3.05, 3.63) is 35.4 Å². The lowest BCUT2D eigenvalue weighted by molar-refractivity contribution is 0.0600. The summed E-state index contributed by atoms with van der Waals surface area (Å²) in [7, 11) is 1.38. The van der Waals surface area contributed by atoms with Crippen LogP contribution < -0.4 is 0 Å². The van der Waals surface area contributed by atoms with Gasteiger partial charge in [-0.15, -0.1) is 0 Å². The van der Waals surface area contributed by atoms with Crippen LogP contribution in [0.4, 0.5) is 4.79 Å². The van der Waals surface area contributed by atoms with Gasteiger partial charge in [-0.3, -0.25) is 0 Å². The van der Waals surface area contributed by atoms with E-state index in [1.165, 1.54) is 12.7 Å². The van der Waals surface area contributed by atoms with Crippen LogP contribution in [0.2, 0.25) is 0 Å². The van der Waals surface area contributed by atoms with Crippen molar-refractivity contribution < 1.29 is 19.1 Å². The molecule has 1 amide bonds. The molecule has 0 aliphatic carbocycles. The third-order valence-corrected chi connectivity index (χ3v) is 4.28. The number of carbonyl (C=O) groups excluding carboxylic acids is 2. The van der Waals surface area contributed by atoms with Crippen molar-refractivity contribution in [1.82, 2.24) is 4.90 Å². The molecule has 0 bridgehead atoms. The van der Waals surface area contributed by atoms with Crippen LogP contribution in [-0.2, 0) is 9.47 Å². The van der Waals surface area contributed by atoms with Crippen LogP contribution in [-0.4, -0.2) is 43.8 Å². The number of benzene rings is 1. The van der Waals surface area contributed by atoms with Crippen LogP contribution >= 0.6 is 0 Å². The van der Waals surface area contributed by atoms with Gasteiger partial charge < -0.3 is 14.4 Å². The minimum atomic E-state index is -0.318. The Labute approximate surface area is 137 Å². The maximum Gasteiger partial charge on any atom is 0.409 e. The molecule has 1 fully saturated rings. The van der Waals surface area contributed by atoms with Crippen molar-refractivity contribution in [2.75, 3.05) is 26.8 Å². The highest BCUT2D eigenvalue weighted by molar-refractivity contribution is 5.89. The van der Waals surface area contributed by atoms with Crippen LogP contribution in [0.5, 0.6) is 0 Å². The van der Waals surface area contributed by atoms with E-state index in [4.69, 9.17) is 9.47 Å². The molecule has 0 N–H and O–H groups in total.